The van der Waals surface area contributed by atoms with Crippen LogP contribution < -0.4 is 4.74 Å². The van der Waals surface area contributed by atoms with Crippen molar-refractivity contribution >= 4 is 0 Å². The van der Waals surface area contributed by atoms with Crippen molar-refractivity contribution in [1.29, 1.82) is 0 Å². The summed E-state index contributed by atoms with van der Waals surface area (Å²) in [6.07, 6.45) is 4.86. The number of aromatic nitrogens is 4. The van der Waals surface area contributed by atoms with Gasteiger partial charge in [0.1, 0.15) is 11.4 Å². The van der Waals surface area contributed by atoms with E-state index in [2.05, 4.69) is 37.1 Å². The van der Waals surface area contributed by atoms with Crippen LogP contribution in [0, 0.1) is 0 Å². The van der Waals surface area contributed by atoms with Crippen molar-refractivity contribution in [3.8, 4) is 17.3 Å². The molecular formula is C17H17N5O2. The smallest absolute Gasteiger partial charge is 0.232 e. The summed E-state index contributed by atoms with van der Waals surface area (Å²) in [7, 11) is 1.68. The van der Waals surface area contributed by atoms with Gasteiger partial charge < -0.3 is 9.26 Å². The van der Waals surface area contributed by atoms with Gasteiger partial charge in [-0.05, 0) is 17.7 Å². The van der Waals surface area contributed by atoms with Crippen LogP contribution in [0.3, 0.4) is 0 Å². The van der Waals surface area contributed by atoms with Crippen LogP contribution in [0.4, 0.5) is 0 Å². The molecule has 1 aliphatic rings. The lowest BCUT2D eigenvalue weighted by molar-refractivity contribution is 0.117. The van der Waals surface area contributed by atoms with Gasteiger partial charge in [0.05, 0.1) is 19.2 Å². The summed E-state index contributed by atoms with van der Waals surface area (Å²) < 4.78 is 10.6. The maximum absolute atomic E-state index is 5.38. The first-order valence-corrected chi connectivity index (χ1v) is 7.77. The van der Waals surface area contributed by atoms with Gasteiger partial charge in [0, 0.05) is 32.0 Å². The second kappa shape index (κ2) is 6.37. The summed E-state index contributed by atoms with van der Waals surface area (Å²) in [5.41, 5.74) is 1.86. The molecule has 0 saturated carbocycles. The molecule has 122 valence electrons. The Labute approximate surface area is 139 Å². The quantitative estimate of drug-likeness (QED) is 0.712. The van der Waals surface area contributed by atoms with Gasteiger partial charge in [-0.1, -0.05) is 17.3 Å². The molecule has 7 nitrogen and oxygen atoms in total. The van der Waals surface area contributed by atoms with Crippen LogP contribution >= 0.6 is 0 Å². The van der Waals surface area contributed by atoms with Crippen LogP contribution in [0.15, 0.2) is 47.4 Å². The third kappa shape index (κ3) is 2.98. The molecule has 7 heteroatoms. The Kier molecular flexibility index (Phi) is 3.92. The van der Waals surface area contributed by atoms with Crippen LogP contribution in [0.1, 0.15) is 17.4 Å². The van der Waals surface area contributed by atoms with E-state index in [1.54, 1.807) is 25.7 Å². The van der Waals surface area contributed by atoms with Gasteiger partial charge in [-0.3, -0.25) is 9.88 Å². The number of ether oxygens (including phenoxy) is 1. The lowest BCUT2D eigenvalue weighted by atomic mass is 9.99. The molecule has 0 unspecified atom stereocenters. The zero-order valence-corrected chi connectivity index (χ0v) is 13.3. The predicted octanol–water partition coefficient (Wildman–Crippen LogP) is 2.13. The summed E-state index contributed by atoms with van der Waals surface area (Å²) in [6, 6.07) is 8.13. The van der Waals surface area contributed by atoms with E-state index in [0.717, 1.165) is 25.4 Å². The minimum absolute atomic E-state index is 0.272. The molecule has 0 bridgehead atoms. The topological polar surface area (TPSA) is 77.2 Å². The Morgan fingerprint density at radius 3 is 3.00 bits per heavy atom. The van der Waals surface area contributed by atoms with E-state index in [9.17, 15) is 0 Å². The summed E-state index contributed by atoms with van der Waals surface area (Å²) in [5, 5.41) is 4.00. The molecule has 1 saturated heterocycles. The predicted molar refractivity (Wildman–Crippen MR) is 86.3 cm³/mol. The first kappa shape index (κ1) is 14.8. The van der Waals surface area contributed by atoms with Crippen LogP contribution in [0.2, 0.25) is 0 Å². The average Bonchev–Trinajstić information content (AvgIpc) is 3.08. The monoisotopic (exact) mass is 323 g/mol. The Balaban J connectivity index is 1.37. The molecular weight excluding hydrogens is 306 g/mol. The number of nitrogens with zero attached hydrogens (tertiary/aromatic N) is 5. The maximum atomic E-state index is 5.38. The number of likely N-dealkylation sites (tertiary alicyclic amines) is 1. The first-order chi connectivity index (χ1) is 11.8. The van der Waals surface area contributed by atoms with E-state index in [4.69, 9.17) is 9.26 Å². The maximum Gasteiger partial charge on any atom is 0.232 e. The van der Waals surface area contributed by atoms with Crippen molar-refractivity contribution in [2.45, 2.75) is 12.5 Å². The molecule has 2 aromatic heterocycles. The molecule has 0 spiro atoms. The second-order valence-corrected chi connectivity index (χ2v) is 5.79. The van der Waals surface area contributed by atoms with Crippen molar-refractivity contribution in [3.05, 3.63) is 54.3 Å². The molecule has 0 amide bonds. The van der Waals surface area contributed by atoms with Gasteiger partial charge in [0.15, 0.2) is 0 Å². The van der Waals surface area contributed by atoms with Crippen molar-refractivity contribution in [3.63, 3.8) is 0 Å². The third-order valence-electron chi connectivity index (χ3n) is 4.08. The fourth-order valence-electron chi connectivity index (χ4n) is 2.80. The molecule has 24 heavy (non-hydrogen) atoms. The molecule has 0 N–H and O–H groups in total. The number of benzene rings is 1. The van der Waals surface area contributed by atoms with Crippen LogP contribution in [0.5, 0.6) is 5.75 Å². The van der Waals surface area contributed by atoms with Crippen molar-refractivity contribution in [2.75, 3.05) is 20.2 Å². The van der Waals surface area contributed by atoms with Gasteiger partial charge in [-0.25, -0.2) is 4.98 Å². The highest BCUT2D eigenvalue weighted by Gasteiger charge is 2.32. The van der Waals surface area contributed by atoms with Gasteiger partial charge in [-0.15, -0.1) is 0 Å². The first-order valence-electron chi connectivity index (χ1n) is 7.77. The molecule has 1 fully saturated rings. The lowest BCUT2D eigenvalue weighted by Gasteiger charge is -2.37. The normalized spacial score (nSPS) is 15.2. The summed E-state index contributed by atoms with van der Waals surface area (Å²) >= 11 is 0. The molecule has 4 rings (SSSR count). The molecule has 3 aromatic rings. The zero-order valence-electron chi connectivity index (χ0n) is 13.3. The highest BCUT2D eigenvalue weighted by molar-refractivity contribution is 5.45. The van der Waals surface area contributed by atoms with Crippen molar-refractivity contribution in [1.82, 2.24) is 25.0 Å². The van der Waals surface area contributed by atoms with Crippen LogP contribution in [-0.4, -0.2) is 45.2 Å². The molecule has 0 radical (unpaired) electrons. The number of hydrogen-bond donors (Lipinski definition) is 0. The van der Waals surface area contributed by atoms with Crippen LogP contribution in [-0.2, 0) is 6.54 Å². The van der Waals surface area contributed by atoms with Crippen LogP contribution in [0.25, 0.3) is 11.5 Å². The zero-order chi connectivity index (χ0) is 16.4. The Morgan fingerprint density at radius 1 is 1.29 bits per heavy atom. The van der Waals surface area contributed by atoms with E-state index in [-0.39, 0.29) is 5.92 Å². The van der Waals surface area contributed by atoms with E-state index < -0.39 is 0 Å². The summed E-state index contributed by atoms with van der Waals surface area (Å²) in [5.74, 6) is 2.31. The fourth-order valence-corrected chi connectivity index (χ4v) is 2.80. The number of methoxy groups -OCH3 is 1. The molecule has 1 aromatic carbocycles. The third-order valence-corrected chi connectivity index (χ3v) is 4.08. The standard InChI is InChI=1S/C17H17N5O2/c1-23-14-4-2-3-12(7-14)9-22-10-13(11-22)17-20-16(21-24-17)15-8-18-5-6-19-15/h2-8,13H,9-11H2,1H3. The fraction of sp³-hybridized carbons (Fsp3) is 0.294. The lowest BCUT2D eigenvalue weighted by Crippen LogP contribution is -2.44. The Bertz CT molecular complexity index is 815. The largest absolute Gasteiger partial charge is 0.497 e. The minimum Gasteiger partial charge on any atom is -0.497 e. The van der Waals surface area contributed by atoms with E-state index in [1.807, 2.05) is 12.1 Å². The highest BCUT2D eigenvalue weighted by Crippen LogP contribution is 2.28. The van der Waals surface area contributed by atoms with Gasteiger partial charge in [0.2, 0.25) is 11.7 Å². The number of rotatable bonds is 5. The average molecular weight is 323 g/mol. The SMILES string of the molecule is COc1cccc(CN2CC(c3nc(-c4cnccn4)no3)C2)c1. The van der Waals surface area contributed by atoms with E-state index in [1.165, 1.54) is 5.56 Å². The van der Waals surface area contributed by atoms with E-state index >= 15 is 0 Å². The van der Waals surface area contributed by atoms with Gasteiger partial charge in [-0.2, -0.15) is 4.98 Å². The van der Waals surface area contributed by atoms with Gasteiger partial charge in [0.25, 0.3) is 0 Å². The highest BCUT2D eigenvalue weighted by atomic mass is 16.5. The number of hydrogen-bond acceptors (Lipinski definition) is 7. The molecule has 0 aliphatic carbocycles. The van der Waals surface area contributed by atoms with Gasteiger partial charge >= 0.3 is 0 Å². The second-order valence-electron chi connectivity index (χ2n) is 5.79. The summed E-state index contributed by atoms with van der Waals surface area (Å²) in [6.45, 7) is 2.69. The van der Waals surface area contributed by atoms with Crippen molar-refractivity contribution < 1.29 is 9.26 Å². The molecule has 0 atom stereocenters. The minimum atomic E-state index is 0.272. The Hall–Kier alpha value is -2.80. The molecule has 1 aliphatic heterocycles. The molecule has 3 heterocycles. The van der Waals surface area contributed by atoms with Crippen molar-refractivity contribution in [2.24, 2.45) is 0 Å². The summed E-state index contributed by atoms with van der Waals surface area (Å²) in [4.78, 5) is 15.0. The van der Waals surface area contributed by atoms with E-state index in [0.29, 0.717) is 17.4 Å². The Morgan fingerprint density at radius 2 is 2.21 bits per heavy atom.